The van der Waals surface area contributed by atoms with E-state index in [1.165, 1.54) is 23.8 Å². The Morgan fingerprint density at radius 1 is 0.939 bits per heavy atom. The number of fused-ring (bicyclic) bond motifs is 3. The Hall–Kier alpha value is -3.66. The van der Waals surface area contributed by atoms with E-state index in [4.69, 9.17) is 4.74 Å². The molecular weight excluding hydrogens is 410 g/mol. The van der Waals surface area contributed by atoms with Gasteiger partial charge in [0, 0.05) is 29.6 Å². The lowest BCUT2D eigenvalue weighted by atomic mass is 9.86. The van der Waals surface area contributed by atoms with Crippen LogP contribution in [0.15, 0.2) is 72.8 Å². The average Bonchev–Trinajstić information content (AvgIpc) is 3.14. The molecule has 4 nitrogen and oxygen atoms in total. The number of carbonyl (C=O) groups excluding carboxylic acids is 2. The second-order valence-electron chi connectivity index (χ2n) is 8.97. The molecule has 166 valence electrons. The standard InChI is InChI=1S/C29H27NO3/c1-19-15-25-28(26(31)16-19)27-23(29(32)33-2)13-8-14-24(27)30(25)18-22-12-7-6-11-21(22)17-20-9-4-3-5-10-20/h3-14,19H,15-18H2,1-2H3. The minimum absolute atomic E-state index is 0.112. The number of hydrogen-bond acceptors (Lipinski definition) is 3. The van der Waals surface area contributed by atoms with E-state index in [0.717, 1.165) is 29.4 Å². The van der Waals surface area contributed by atoms with E-state index < -0.39 is 5.97 Å². The molecule has 4 aromatic rings. The zero-order valence-electron chi connectivity index (χ0n) is 19.0. The van der Waals surface area contributed by atoms with E-state index in [2.05, 4.69) is 60.0 Å². The van der Waals surface area contributed by atoms with Gasteiger partial charge in [0.1, 0.15) is 0 Å². The Labute approximate surface area is 193 Å². The molecule has 0 bridgehead atoms. The molecule has 4 heteroatoms. The van der Waals surface area contributed by atoms with Gasteiger partial charge in [-0.2, -0.15) is 0 Å². The fourth-order valence-electron chi connectivity index (χ4n) is 5.12. The first kappa shape index (κ1) is 21.2. The lowest BCUT2D eigenvalue weighted by molar-refractivity contribution is 0.0603. The van der Waals surface area contributed by atoms with Crippen molar-refractivity contribution in [3.8, 4) is 0 Å². The molecule has 0 spiro atoms. The fraction of sp³-hybridized carbons (Fsp3) is 0.241. The molecule has 1 heterocycles. The maximum atomic E-state index is 13.2. The van der Waals surface area contributed by atoms with Gasteiger partial charge in [-0.1, -0.05) is 67.6 Å². The largest absolute Gasteiger partial charge is 0.465 e. The third-order valence-electron chi connectivity index (χ3n) is 6.64. The first-order valence-corrected chi connectivity index (χ1v) is 11.4. The number of benzene rings is 3. The minimum atomic E-state index is -0.406. The van der Waals surface area contributed by atoms with Crippen LogP contribution in [0.25, 0.3) is 10.9 Å². The minimum Gasteiger partial charge on any atom is -0.465 e. The smallest absolute Gasteiger partial charge is 0.338 e. The normalized spacial score (nSPS) is 15.5. The highest BCUT2D eigenvalue weighted by Gasteiger charge is 2.31. The highest BCUT2D eigenvalue weighted by molar-refractivity contribution is 6.16. The summed E-state index contributed by atoms with van der Waals surface area (Å²) in [7, 11) is 1.38. The topological polar surface area (TPSA) is 48.3 Å². The van der Waals surface area contributed by atoms with Gasteiger partial charge in [0.25, 0.3) is 0 Å². The highest BCUT2D eigenvalue weighted by atomic mass is 16.5. The third-order valence-corrected chi connectivity index (χ3v) is 6.64. The van der Waals surface area contributed by atoms with E-state index >= 15 is 0 Å². The van der Waals surface area contributed by atoms with E-state index in [-0.39, 0.29) is 11.7 Å². The molecule has 3 aromatic carbocycles. The lowest BCUT2D eigenvalue weighted by Gasteiger charge is -2.21. The highest BCUT2D eigenvalue weighted by Crippen LogP contribution is 2.37. The molecule has 0 saturated heterocycles. The number of methoxy groups -OCH3 is 1. The molecule has 1 unspecified atom stereocenters. The molecule has 5 rings (SSSR count). The monoisotopic (exact) mass is 437 g/mol. The summed E-state index contributed by atoms with van der Waals surface area (Å²) >= 11 is 0. The van der Waals surface area contributed by atoms with Crippen LogP contribution in [-0.4, -0.2) is 23.4 Å². The van der Waals surface area contributed by atoms with Crippen LogP contribution in [0.1, 0.15) is 56.4 Å². The fourth-order valence-corrected chi connectivity index (χ4v) is 5.12. The third kappa shape index (κ3) is 3.86. The number of rotatable bonds is 5. The average molecular weight is 438 g/mol. The maximum absolute atomic E-state index is 13.2. The van der Waals surface area contributed by atoms with Gasteiger partial charge in [0.15, 0.2) is 5.78 Å². The van der Waals surface area contributed by atoms with Crippen LogP contribution in [0.5, 0.6) is 0 Å². The first-order valence-electron chi connectivity index (χ1n) is 11.4. The molecule has 0 radical (unpaired) electrons. The quantitative estimate of drug-likeness (QED) is 0.369. The molecule has 1 aliphatic rings. The molecule has 1 aliphatic carbocycles. The van der Waals surface area contributed by atoms with Crippen molar-refractivity contribution in [3.05, 3.63) is 106 Å². The van der Waals surface area contributed by atoms with Crippen molar-refractivity contribution in [1.29, 1.82) is 0 Å². The molecule has 0 saturated carbocycles. The van der Waals surface area contributed by atoms with Gasteiger partial charge >= 0.3 is 5.97 Å². The van der Waals surface area contributed by atoms with Crippen LogP contribution in [0.4, 0.5) is 0 Å². The van der Waals surface area contributed by atoms with E-state index in [9.17, 15) is 9.59 Å². The molecule has 0 aliphatic heterocycles. The van der Waals surface area contributed by atoms with Crippen LogP contribution in [0, 0.1) is 5.92 Å². The van der Waals surface area contributed by atoms with Crippen molar-refractivity contribution in [3.63, 3.8) is 0 Å². The van der Waals surface area contributed by atoms with Crippen molar-refractivity contribution in [2.24, 2.45) is 5.92 Å². The Kier molecular flexibility index (Phi) is 5.59. The molecule has 0 amide bonds. The Morgan fingerprint density at radius 3 is 2.42 bits per heavy atom. The summed E-state index contributed by atoms with van der Waals surface area (Å²) in [6.07, 6.45) is 2.17. The molecule has 33 heavy (non-hydrogen) atoms. The predicted octanol–water partition coefficient (Wildman–Crippen LogP) is 5.83. The second-order valence-corrected chi connectivity index (χ2v) is 8.97. The summed E-state index contributed by atoms with van der Waals surface area (Å²) in [6, 6.07) is 24.6. The summed E-state index contributed by atoms with van der Waals surface area (Å²) in [5.74, 6) is -0.0212. The Bertz CT molecular complexity index is 1350. The Balaban J connectivity index is 1.67. The van der Waals surface area contributed by atoms with Gasteiger partial charge in [0.2, 0.25) is 0 Å². The van der Waals surface area contributed by atoms with Crippen LogP contribution in [0.2, 0.25) is 0 Å². The molecule has 0 N–H and O–H groups in total. The number of nitrogens with zero attached hydrogens (tertiary/aromatic N) is 1. The summed E-state index contributed by atoms with van der Waals surface area (Å²) in [5, 5.41) is 0.733. The van der Waals surface area contributed by atoms with E-state index in [1.54, 1.807) is 6.07 Å². The van der Waals surface area contributed by atoms with Crippen LogP contribution < -0.4 is 0 Å². The van der Waals surface area contributed by atoms with Crippen molar-refractivity contribution < 1.29 is 14.3 Å². The molecule has 0 fully saturated rings. The van der Waals surface area contributed by atoms with Crippen LogP contribution in [0.3, 0.4) is 0 Å². The Morgan fingerprint density at radius 2 is 1.67 bits per heavy atom. The van der Waals surface area contributed by atoms with Gasteiger partial charge in [-0.25, -0.2) is 4.79 Å². The first-order chi connectivity index (χ1) is 16.1. The number of esters is 1. The second kappa shape index (κ2) is 8.70. The van der Waals surface area contributed by atoms with Crippen molar-refractivity contribution in [1.82, 2.24) is 4.57 Å². The summed E-state index contributed by atoms with van der Waals surface area (Å²) < 4.78 is 7.29. The summed E-state index contributed by atoms with van der Waals surface area (Å²) in [4.78, 5) is 25.7. The molecular formula is C29H27NO3. The number of ketones is 1. The van der Waals surface area contributed by atoms with Gasteiger partial charge in [0.05, 0.1) is 18.2 Å². The number of ether oxygens (including phenoxy) is 1. The van der Waals surface area contributed by atoms with Gasteiger partial charge in [-0.15, -0.1) is 0 Å². The van der Waals surface area contributed by atoms with Gasteiger partial charge in [-0.3, -0.25) is 4.79 Å². The summed E-state index contributed by atoms with van der Waals surface area (Å²) in [5.41, 5.74) is 6.85. The lowest BCUT2D eigenvalue weighted by Crippen LogP contribution is -2.20. The van der Waals surface area contributed by atoms with E-state index in [0.29, 0.717) is 24.1 Å². The molecule has 1 aromatic heterocycles. The van der Waals surface area contributed by atoms with E-state index in [1.807, 2.05) is 18.2 Å². The predicted molar refractivity (Wildman–Crippen MR) is 130 cm³/mol. The zero-order chi connectivity index (χ0) is 22.9. The van der Waals surface area contributed by atoms with Gasteiger partial charge < -0.3 is 9.30 Å². The maximum Gasteiger partial charge on any atom is 0.338 e. The summed E-state index contributed by atoms with van der Waals surface area (Å²) in [6.45, 7) is 2.77. The SMILES string of the molecule is COC(=O)c1cccc2c1c1c(n2Cc2ccccc2Cc2ccccc2)CC(C)CC1=O. The van der Waals surface area contributed by atoms with Crippen LogP contribution >= 0.6 is 0 Å². The zero-order valence-corrected chi connectivity index (χ0v) is 19.0. The van der Waals surface area contributed by atoms with Crippen LogP contribution in [-0.2, 0) is 24.1 Å². The number of carbonyl (C=O) groups is 2. The molecule has 1 atom stereocenters. The van der Waals surface area contributed by atoms with Crippen molar-refractivity contribution >= 4 is 22.7 Å². The number of Topliss-reactive ketones (excluding diaryl/α,β-unsaturated/α-hetero) is 1. The van der Waals surface area contributed by atoms with Crippen molar-refractivity contribution in [2.45, 2.75) is 32.7 Å². The number of aromatic nitrogens is 1. The van der Waals surface area contributed by atoms with Gasteiger partial charge in [-0.05, 0) is 47.6 Å². The number of hydrogen-bond donors (Lipinski definition) is 0. The van der Waals surface area contributed by atoms with Crippen molar-refractivity contribution in [2.75, 3.05) is 7.11 Å².